The highest BCUT2D eigenvalue weighted by atomic mass is 14.8. The van der Waals surface area contributed by atoms with E-state index < -0.39 is 0 Å². The van der Waals surface area contributed by atoms with Gasteiger partial charge >= 0.3 is 0 Å². The van der Waals surface area contributed by atoms with E-state index >= 15 is 0 Å². The molecule has 4 heterocycles. The van der Waals surface area contributed by atoms with Crippen molar-refractivity contribution in [3.05, 3.63) is 152 Å². The molecule has 0 aliphatic carbocycles. The van der Waals surface area contributed by atoms with Gasteiger partial charge in [-0.2, -0.15) is 0 Å². The standard InChI is InChI=1S/C41H25N5/c1-3-10-34-32(8-1)37(26-12-16-29(17-13-26)41-44-21-6-22-45-41)33-9-2-4-11-35(33)38(34)31-23-30(24-42-25-31)36-19-18-28-15-14-27-7-5-20-43-39(27)40(28)46-36/h1-25H. The molecule has 46 heavy (non-hydrogen) atoms. The molecule has 5 heteroatoms. The minimum Gasteiger partial charge on any atom is -0.263 e. The van der Waals surface area contributed by atoms with Crippen LogP contribution in [0.2, 0.25) is 0 Å². The first-order valence-electron chi connectivity index (χ1n) is 15.2. The molecule has 0 saturated carbocycles. The minimum absolute atomic E-state index is 0.719. The lowest BCUT2D eigenvalue weighted by atomic mass is 9.86. The molecule has 9 aromatic rings. The van der Waals surface area contributed by atoms with Crippen LogP contribution in [0.15, 0.2) is 152 Å². The highest BCUT2D eigenvalue weighted by Gasteiger charge is 2.18. The lowest BCUT2D eigenvalue weighted by molar-refractivity contribution is 1.18. The fraction of sp³-hybridized carbons (Fsp3) is 0. The van der Waals surface area contributed by atoms with Crippen LogP contribution in [0.25, 0.3) is 88.2 Å². The molecule has 4 aromatic heterocycles. The minimum atomic E-state index is 0.719. The molecule has 0 aliphatic heterocycles. The Kier molecular flexibility index (Phi) is 6.06. The van der Waals surface area contributed by atoms with Gasteiger partial charge in [-0.05, 0) is 62.5 Å². The third-order valence-electron chi connectivity index (χ3n) is 8.68. The van der Waals surface area contributed by atoms with Gasteiger partial charge in [0.2, 0.25) is 0 Å². The van der Waals surface area contributed by atoms with Gasteiger partial charge in [0.25, 0.3) is 0 Å². The van der Waals surface area contributed by atoms with Gasteiger partial charge in [-0.25, -0.2) is 15.0 Å². The van der Waals surface area contributed by atoms with Crippen LogP contribution >= 0.6 is 0 Å². The summed E-state index contributed by atoms with van der Waals surface area (Å²) in [4.78, 5) is 23.4. The summed E-state index contributed by atoms with van der Waals surface area (Å²) in [5.41, 5.74) is 9.17. The predicted octanol–water partition coefficient (Wildman–Crippen LogP) is 9.94. The zero-order valence-corrected chi connectivity index (χ0v) is 24.7. The Morgan fingerprint density at radius 2 is 0.957 bits per heavy atom. The Bertz CT molecular complexity index is 2520. The summed E-state index contributed by atoms with van der Waals surface area (Å²) in [6.07, 6.45) is 9.23. The van der Waals surface area contributed by atoms with E-state index in [1.165, 1.54) is 27.1 Å². The Balaban J connectivity index is 1.23. The monoisotopic (exact) mass is 587 g/mol. The van der Waals surface area contributed by atoms with Gasteiger partial charge in [-0.1, -0.05) is 97.1 Å². The van der Waals surface area contributed by atoms with Crippen LogP contribution in [0, 0.1) is 0 Å². The van der Waals surface area contributed by atoms with Gasteiger partial charge in [0, 0.05) is 58.4 Å². The molecule has 0 bridgehead atoms. The third-order valence-corrected chi connectivity index (χ3v) is 8.68. The zero-order chi connectivity index (χ0) is 30.5. The molecule has 0 fully saturated rings. The molecular formula is C41H25N5. The summed E-state index contributed by atoms with van der Waals surface area (Å²) in [5, 5.41) is 6.86. The molecule has 0 aliphatic rings. The highest BCUT2D eigenvalue weighted by molar-refractivity contribution is 6.21. The van der Waals surface area contributed by atoms with E-state index in [2.05, 4.69) is 124 Å². The van der Waals surface area contributed by atoms with E-state index in [9.17, 15) is 0 Å². The number of pyridine rings is 3. The maximum atomic E-state index is 5.10. The van der Waals surface area contributed by atoms with E-state index in [0.29, 0.717) is 0 Å². The molecular weight excluding hydrogens is 562 g/mol. The van der Waals surface area contributed by atoms with Gasteiger partial charge < -0.3 is 0 Å². The lowest BCUT2D eigenvalue weighted by Gasteiger charge is -2.18. The first-order chi connectivity index (χ1) is 22.8. The quantitative estimate of drug-likeness (QED) is 0.151. The molecule has 214 valence electrons. The maximum absolute atomic E-state index is 5.10. The summed E-state index contributed by atoms with van der Waals surface area (Å²) in [7, 11) is 0. The van der Waals surface area contributed by atoms with Crippen molar-refractivity contribution in [1.82, 2.24) is 24.9 Å². The van der Waals surface area contributed by atoms with Crippen molar-refractivity contribution in [3.8, 4) is 44.9 Å². The Morgan fingerprint density at radius 3 is 1.65 bits per heavy atom. The predicted molar refractivity (Wildman–Crippen MR) is 187 cm³/mol. The molecule has 5 aromatic carbocycles. The molecule has 0 spiro atoms. The molecule has 0 N–H and O–H groups in total. The number of rotatable bonds is 4. The van der Waals surface area contributed by atoms with Crippen LogP contribution in [-0.2, 0) is 0 Å². The van der Waals surface area contributed by atoms with Gasteiger partial charge in [0.1, 0.15) is 0 Å². The van der Waals surface area contributed by atoms with E-state index in [-0.39, 0.29) is 0 Å². The first kappa shape index (κ1) is 26.1. The van der Waals surface area contributed by atoms with E-state index in [0.717, 1.165) is 61.1 Å². The highest BCUT2D eigenvalue weighted by Crippen LogP contribution is 2.44. The molecule has 0 atom stereocenters. The average Bonchev–Trinajstić information content (AvgIpc) is 3.14. The topological polar surface area (TPSA) is 64.5 Å². The normalized spacial score (nSPS) is 11.5. The van der Waals surface area contributed by atoms with Crippen LogP contribution < -0.4 is 0 Å². The Morgan fingerprint density at radius 1 is 0.391 bits per heavy atom. The van der Waals surface area contributed by atoms with E-state index in [1.807, 2.05) is 30.7 Å². The van der Waals surface area contributed by atoms with E-state index in [1.54, 1.807) is 12.4 Å². The number of fused-ring (bicyclic) bond motifs is 5. The van der Waals surface area contributed by atoms with Gasteiger partial charge in [-0.3, -0.25) is 9.97 Å². The second-order valence-corrected chi connectivity index (χ2v) is 11.4. The molecule has 0 radical (unpaired) electrons. The van der Waals surface area contributed by atoms with Crippen molar-refractivity contribution >= 4 is 43.4 Å². The van der Waals surface area contributed by atoms with Gasteiger partial charge in [0.15, 0.2) is 5.82 Å². The third kappa shape index (κ3) is 4.29. The molecule has 5 nitrogen and oxygen atoms in total. The Hall–Kier alpha value is -6.33. The number of hydrogen-bond acceptors (Lipinski definition) is 5. The molecule has 0 amide bonds. The fourth-order valence-corrected chi connectivity index (χ4v) is 6.59. The summed E-state index contributed by atoms with van der Waals surface area (Å²) >= 11 is 0. The first-order valence-corrected chi connectivity index (χ1v) is 15.2. The molecule has 0 saturated heterocycles. The zero-order valence-electron chi connectivity index (χ0n) is 24.7. The average molecular weight is 588 g/mol. The summed E-state index contributed by atoms with van der Waals surface area (Å²) in [5.74, 6) is 0.719. The molecule has 9 rings (SSSR count). The van der Waals surface area contributed by atoms with Crippen LogP contribution in [-0.4, -0.2) is 24.9 Å². The van der Waals surface area contributed by atoms with Crippen LogP contribution in [0.1, 0.15) is 0 Å². The van der Waals surface area contributed by atoms with Crippen molar-refractivity contribution < 1.29 is 0 Å². The second kappa shape index (κ2) is 10.7. The van der Waals surface area contributed by atoms with Crippen molar-refractivity contribution in [2.75, 3.05) is 0 Å². The lowest BCUT2D eigenvalue weighted by Crippen LogP contribution is -1.93. The van der Waals surface area contributed by atoms with Crippen LogP contribution in [0.5, 0.6) is 0 Å². The Labute approximate surface area is 264 Å². The van der Waals surface area contributed by atoms with E-state index in [4.69, 9.17) is 9.97 Å². The van der Waals surface area contributed by atoms with Crippen LogP contribution in [0.3, 0.4) is 0 Å². The SMILES string of the molecule is c1cnc(-c2ccc(-c3c4ccccc4c(-c4cncc(-c5ccc6ccc7cccnc7c6n5)c4)c4ccccc34)cc2)nc1. The summed E-state index contributed by atoms with van der Waals surface area (Å²) in [6.45, 7) is 0. The maximum Gasteiger partial charge on any atom is 0.159 e. The number of hydrogen-bond donors (Lipinski definition) is 0. The van der Waals surface area contributed by atoms with Gasteiger partial charge in [0.05, 0.1) is 16.7 Å². The van der Waals surface area contributed by atoms with Crippen molar-refractivity contribution in [3.63, 3.8) is 0 Å². The number of aromatic nitrogens is 5. The summed E-state index contributed by atoms with van der Waals surface area (Å²) in [6, 6.07) is 42.3. The second-order valence-electron chi connectivity index (χ2n) is 11.4. The van der Waals surface area contributed by atoms with Crippen LogP contribution in [0.4, 0.5) is 0 Å². The summed E-state index contributed by atoms with van der Waals surface area (Å²) < 4.78 is 0. The molecule has 0 unspecified atom stereocenters. The number of nitrogens with zero attached hydrogens (tertiary/aromatic N) is 5. The van der Waals surface area contributed by atoms with Gasteiger partial charge in [-0.15, -0.1) is 0 Å². The smallest absolute Gasteiger partial charge is 0.159 e. The van der Waals surface area contributed by atoms with Crippen molar-refractivity contribution in [2.24, 2.45) is 0 Å². The largest absolute Gasteiger partial charge is 0.263 e. The fourth-order valence-electron chi connectivity index (χ4n) is 6.59. The van der Waals surface area contributed by atoms with Crippen molar-refractivity contribution in [2.45, 2.75) is 0 Å². The van der Waals surface area contributed by atoms with Crippen molar-refractivity contribution in [1.29, 1.82) is 0 Å². The number of benzene rings is 5.